The summed E-state index contributed by atoms with van der Waals surface area (Å²) in [6.07, 6.45) is 0. The number of aryl methyl sites for hydroxylation is 3. The van der Waals surface area contributed by atoms with Crippen LogP contribution in [0.3, 0.4) is 0 Å². The van der Waals surface area contributed by atoms with Gasteiger partial charge in [-0.25, -0.2) is 4.68 Å². The molecule has 1 amide bonds. The number of aromatic nitrogens is 2. The summed E-state index contributed by atoms with van der Waals surface area (Å²) in [5.74, 6) is 0.0488. The van der Waals surface area contributed by atoms with Crippen LogP contribution in [0.25, 0.3) is 5.69 Å². The molecule has 5 nitrogen and oxygen atoms in total. The largest absolute Gasteiger partial charge is 0.368 e. The van der Waals surface area contributed by atoms with Crippen LogP contribution < -0.4 is 4.90 Å². The number of carbonyl (C=O) groups excluding carboxylic acids is 1. The average molecular weight is 389 g/mol. The normalized spacial score (nSPS) is 14.3. The van der Waals surface area contributed by atoms with Crippen molar-refractivity contribution in [3.8, 4) is 5.69 Å². The first-order chi connectivity index (χ1) is 13.9. The third-order valence-electron chi connectivity index (χ3n) is 5.78. The molecule has 1 aromatic heterocycles. The molecule has 0 unspecified atom stereocenters. The van der Waals surface area contributed by atoms with Crippen LogP contribution in [0.2, 0.25) is 0 Å². The lowest BCUT2D eigenvalue weighted by atomic mass is 10.1. The summed E-state index contributed by atoms with van der Waals surface area (Å²) >= 11 is 0. The number of rotatable bonds is 3. The first-order valence-electron chi connectivity index (χ1n) is 10.2. The van der Waals surface area contributed by atoms with E-state index in [2.05, 4.69) is 48.1 Å². The highest BCUT2D eigenvalue weighted by Gasteiger charge is 2.26. The fourth-order valence-electron chi connectivity index (χ4n) is 4.00. The molecule has 0 radical (unpaired) electrons. The van der Waals surface area contributed by atoms with E-state index in [-0.39, 0.29) is 5.91 Å². The molecule has 0 aliphatic carbocycles. The SMILES string of the molecule is Cc1cccc(-n2nc(C)cc2C(=O)N2CCN(c3cccc(C)c3C)CC2)c1. The fraction of sp³-hybridized carbons (Fsp3) is 0.333. The first kappa shape index (κ1) is 19.2. The van der Waals surface area contributed by atoms with Crippen LogP contribution in [0.15, 0.2) is 48.5 Å². The molecule has 0 bridgehead atoms. The van der Waals surface area contributed by atoms with Gasteiger partial charge in [-0.3, -0.25) is 4.79 Å². The minimum absolute atomic E-state index is 0.0488. The second-order valence-electron chi connectivity index (χ2n) is 7.92. The number of benzene rings is 2. The number of carbonyl (C=O) groups is 1. The van der Waals surface area contributed by atoms with Crippen molar-refractivity contribution in [2.24, 2.45) is 0 Å². The van der Waals surface area contributed by atoms with Crippen LogP contribution in [-0.4, -0.2) is 46.8 Å². The Morgan fingerprint density at radius 2 is 1.62 bits per heavy atom. The third-order valence-corrected chi connectivity index (χ3v) is 5.78. The molecule has 0 saturated carbocycles. The second kappa shape index (κ2) is 7.74. The fourth-order valence-corrected chi connectivity index (χ4v) is 4.00. The summed E-state index contributed by atoms with van der Waals surface area (Å²) in [6.45, 7) is 11.4. The van der Waals surface area contributed by atoms with Crippen molar-refractivity contribution in [2.45, 2.75) is 27.7 Å². The van der Waals surface area contributed by atoms with Gasteiger partial charge in [-0.1, -0.05) is 24.3 Å². The molecule has 0 atom stereocenters. The van der Waals surface area contributed by atoms with Crippen molar-refractivity contribution in [3.63, 3.8) is 0 Å². The van der Waals surface area contributed by atoms with Crippen molar-refractivity contribution >= 4 is 11.6 Å². The van der Waals surface area contributed by atoms with Crippen LogP contribution in [0.5, 0.6) is 0 Å². The van der Waals surface area contributed by atoms with E-state index in [1.807, 2.05) is 43.0 Å². The Morgan fingerprint density at radius 1 is 0.897 bits per heavy atom. The van der Waals surface area contributed by atoms with E-state index in [1.165, 1.54) is 16.8 Å². The molecule has 0 N–H and O–H groups in total. The predicted molar refractivity (Wildman–Crippen MR) is 117 cm³/mol. The summed E-state index contributed by atoms with van der Waals surface area (Å²) in [5, 5.41) is 4.58. The van der Waals surface area contributed by atoms with Gasteiger partial charge in [-0.2, -0.15) is 5.10 Å². The van der Waals surface area contributed by atoms with Gasteiger partial charge in [0.05, 0.1) is 11.4 Å². The molecule has 0 spiro atoms. The van der Waals surface area contributed by atoms with Gasteiger partial charge < -0.3 is 9.80 Å². The van der Waals surface area contributed by atoms with Gasteiger partial charge in [0.1, 0.15) is 5.69 Å². The zero-order valence-electron chi connectivity index (χ0n) is 17.6. The molecule has 1 saturated heterocycles. The lowest BCUT2D eigenvalue weighted by Gasteiger charge is -2.37. The molecule has 1 aliphatic heterocycles. The predicted octanol–water partition coefficient (Wildman–Crippen LogP) is 4.07. The van der Waals surface area contributed by atoms with Gasteiger partial charge in [0.25, 0.3) is 5.91 Å². The van der Waals surface area contributed by atoms with Crippen LogP contribution in [0.4, 0.5) is 5.69 Å². The van der Waals surface area contributed by atoms with E-state index in [0.29, 0.717) is 18.8 Å². The standard InChI is InChI=1S/C24H28N4O/c1-17-7-5-9-21(15-17)28-23(16-19(3)25-28)24(29)27-13-11-26(12-14-27)22-10-6-8-18(2)20(22)4/h5-10,15-16H,11-14H2,1-4H3. The van der Waals surface area contributed by atoms with Crippen LogP contribution >= 0.6 is 0 Å². The highest BCUT2D eigenvalue weighted by molar-refractivity contribution is 5.93. The number of amides is 1. The molecule has 4 rings (SSSR count). The summed E-state index contributed by atoms with van der Waals surface area (Å²) in [4.78, 5) is 17.6. The number of hydrogen-bond acceptors (Lipinski definition) is 3. The lowest BCUT2D eigenvalue weighted by Crippen LogP contribution is -2.49. The number of piperazine rings is 1. The van der Waals surface area contributed by atoms with Crippen LogP contribution in [-0.2, 0) is 0 Å². The van der Waals surface area contributed by atoms with Crippen molar-refractivity contribution in [2.75, 3.05) is 31.1 Å². The molecule has 3 aromatic rings. The van der Waals surface area contributed by atoms with Crippen molar-refractivity contribution < 1.29 is 4.79 Å². The zero-order chi connectivity index (χ0) is 20.5. The lowest BCUT2D eigenvalue weighted by molar-refractivity contribution is 0.0737. The molecule has 5 heteroatoms. The van der Waals surface area contributed by atoms with Gasteiger partial charge in [0.2, 0.25) is 0 Å². The Hall–Kier alpha value is -3.08. The molecule has 1 fully saturated rings. The molecule has 2 heterocycles. The molecule has 1 aliphatic rings. The Morgan fingerprint density at radius 3 is 2.34 bits per heavy atom. The minimum Gasteiger partial charge on any atom is -0.368 e. The maximum atomic E-state index is 13.3. The van der Waals surface area contributed by atoms with Gasteiger partial charge in [0, 0.05) is 31.9 Å². The zero-order valence-corrected chi connectivity index (χ0v) is 17.6. The Balaban J connectivity index is 1.53. The van der Waals surface area contributed by atoms with Gasteiger partial charge in [-0.15, -0.1) is 0 Å². The van der Waals surface area contributed by atoms with Crippen molar-refractivity contribution in [1.82, 2.24) is 14.7 Å². The minimum atomic E-state index is 0.0488. The second-order valence-corrected chi connectivity index (χ2v) is 7.92. The maximum Gasteiger partial charge on any atom is 0.272 e. The maximum absolute atomic E-state index is 13.3. The van der Waals surface area contributed by atoms with Gasteiger partial charge >= 0.3 is 0 Å². The van der Waals surface area contributed by atoms with Gasteiger partial charge in [0.15, 0.2) is 0 Å². The van der Waals surface area contributed by atoms with E-state index in [1.54, 1.807) is 4.68 Å². The highest BCUT2D eigenvalue weighted by Crippen LogP contribution is 2.24. The smallest absolute Gasteiger partial charge is 0.272 e. The average Bonchev–Trinajstić information content (AvgIpc) is 3.11. The number of nitrogens with zero attached hydrogens (tertiary/aromatic N) is 4. The highest BCUT2D eigenvalue weighted by atomic mass is 16.2. The topological polar surface area (TPSA) is 41.4 Å². The Kier molecular flexibility index (Phi) is 5.14. The third kappa shape index (κ3) is 3.77. The molecular formula is C24H28N4O. The van der Waals surface area contributed by atoms with Crippen LogP contribution in [0, 0.1) is 27.7 Å². The van der Waals surface area contributed by atoms with Crippen molar-refractivity contribution in [1.29, 1.82) is 0 Å². The first-order valence-corrected chi connectivity index (χ1v) is 10.2. The van der Waals surface area contributed by atoms with E-state index in [9.17, 15) is 4.79 Å². The van der Waals surface area contributed by atoms with E-state index in [4.69, 9.17) is 0 Å². The molecule has 2 aromatic carbocycles. The molecule has 150 valence electrons. The Bertz CT molecular complexity index is 1040. The molecule has 29 heavy (non-hydrogen) atoms. The van der Waals surface area contributed by atoms with E-state index < -0.39 is 0 Å². The number of anilines is 1. The molecular weight excluding hydrogens is 360 g/mol. The summed E-state index contributed by atoms with van der Waals surface area (Å²) in [7, 11) is 0. The summed E-state index contributed by atoms with van der Waals surface area (Å²) in [6, 6.07) is 16.4. The summed E-state index contributed by atoms with van der Waals surface area (Å²) in [5.41, 5.74) is 7.46. The van der Waals surface area contributed by atoms with E-state index in [0.717, 1.165) is 30.0 Å². The number of hydrogen-bond donors (Lipinski definition) is 0. The van der Waals surface area contributed by atoms with Gasteiger partial charge in [-0.05, 0) is 68.7 Å². The van der Waals surface area contributed by atoms with Crippen molar-refractivity contribution in [3.05, 3.63) is 76.6 Å². The summed E-state index contributed by atoms with van der Waals surface area (Å²) < 4.78 is 1.78. The monoisotopic (exact) mass is 388 g/mol. The quantitative estimate of drug-likeness (QED) is 0.679. The van der Waals surface area contributed by atoms with Crippen LogP contribution in [0.1, 0.15) is 32.9 Å². The van der Waals surface area contributed by atoms with E-state index >= 15 is 0 Å². The Labute approximate surface area is 172 Å².